The van der Waals surface area contributed by atoms with E-state index in [1.165, 1.54) is 6.92 Å². The minimum Gasteiger partial charge on any atom is -0.450 e. The van der Waals surface area contributed by atoms with E-state index in [0.29, 0.717) is 19.6 Å². The third-order valence-corrected chi connectivity index (χ3v) is 3.54. The Hall–Kier alpha value is -1.14. The van der Waals surface area contributed by atoms with Gasteiger partial charge in [-0.2, -0.15) is 0 Å². The van der Waals surface area contributed by atoms with Crippen LogP contribution in [0.1, 0.15) is 47.0 Å². The average Bonchev–Trinajstić information content (AvgIpc) is 2.41. The van der Waals surface area contributed by atoms with E-state index in [4.69, 9.17) is 18.9 Å². The van der Waals surface area contributed by atoms with Crippen molar-refractivity contribution in [3.05, 3.63) is 0 Å². The third kappa shape index (κ3) is 6.01. The van der Waals surface area contributed by atoms with Crippen molar-refractivity contribution < 1.29 is 28.5 Å². The van der Waals surface area contributed by atoms with Gasteiger partial charge in [0.15, 0.2) is 6.10 Å². The Morgan fingerprint density at radius 2 is 1.95 bits per heavy atom. The molecule has 0 radical (unpaired) electrons. The zero-order chi connectivity index (χ0) is 15.9. The highest BCUT2D eigenvalue weighted by atomic mass is 16.7. The normalized spacial score (nSPS) is 21.8. The minimum absolute atomic E-state index is 0.201. The molecule has 0 aromatic heterocycles. The van der Waals surface area contributed by atoms with Crippen LogP contribution in [0.3, 0.4) is 0 Å². The summed E-state index contributed by atoms with van der Waals surface area (Å²) in [5.41, 5.74) is -0.617. The third-order valence-electron chi connectivity index (χ3n) is 3.54. The number of ether oxygens (including phenoxy) is 4. The number of hydrogen-bond acceptors (Lipinski definition) is 6. The summed E-state index contributed by atoms with van der Waals surface area (Å²) in [5.74, 6) is -1.03. The summed E-state index contributed by atoms with van der Waals surface area (Å²) in [7, 11) is 0. The summed E-state index contributed by atoms with van der Waals surface area (Å²) < 4.78 is 21.0. The van der Waals surface area contributed by atoms with Crippen molar-refractivity contribution >= 4 is 11.9 Å². The van der Waals surface area contributed by atoms with Crippen LogP contribution in [-0.2, 0) is 28.5 Å². The summed E-state index contributed by atoms with van der Waals surface area (Å²) in [6, 6.07) is 0. The molecule has 1 rings (SSSR count). The van der Waals surface area contributed by atoms with Gasteiger partial charge in [-0.3, -0.25) is 4.79 Å². The lowest BCUT2D eigenvalue weighted by molar-refractivity contribution is -0.206. The second-order valence-corrected chi connectivity index (χ2v) is 5.80. The predicted octanol–water partition coefficient (Wildman–Crippen LogP) is 2.05. The molecule has 21 heavy (non-hydrogen) atoms. The van der Waals surface area contributed by atoms with Crippen molar-refractivity contribution in [2.24, 2.45) is 5.41 Å². The molecule has 2 unspecified atom stereocenters. The van der Waals surface area contributed by atoms with Crippen LogP contribution in [-0.4, -0.2) is 44.2 Å². The zero-order valence-electron chi connectivity index (χ0n) is 13.3. The van der Waals surface area contributed by atoms with Gasteiger partial charge in [-0.25, -0.2) is 4.79 Å². The van der Waals surface area contributed by atoms with Gasteiger partial charge in [0.25, 0.3) is 0 Å². The van der Waals surface area contributed by atoms with Crippen molar-refractivity contribution in [2.45, 2.75) is 59.4 Å². The highest BCUT2D eigenvalue weighted by Crippen LogP contribution is 2.22. The SMILES string of the molecule is CCC(C)(C)C(=O)OC(C)C(=O)OC1COCCCCO1. The fraction of sp³-hybridized carbons (Fsp3) is 0.867. The van der Waals surface area contributed by atoms with Crippen molar-refractivity contribution in [3.63, 3.8) is 0 Å². The summed E-state index contributed by atoms with van der Waals surface area (Å²) in [6.07, 6.45) is 0.729. The maximum Gasteiger partial charge on any atom is 0.349 e. The van der Waals surface area contributed by atoms with Gasteiger partial charge in [-0.1, -0.05) is 6.92 Å². The molecule has 122 valence electrons. The van der Waals surface area contributed by atoms with Crippen LogP contribution < -0.4 is 0 Å². The topological polar surface area (TPSA) is 71.1 Å². The molecular formula is C15H26O6. The Bertz CT molecular complexity index is 344. The van der Waals surface area contributed by atoms with E-state index in [1.807, 2.05) is 6.92 Å². The van der Waals surface area contributed by atoms with Gasteiger partial charge in [0, 0.05) is 6.61 Å². The first-order valence-corrected chi connectivity index (χ1v) is 7.47. The predicted molar refractivity (Wildman–Crippen MR) is 75.5 cm³/mol. The lowest BCUT2D eigenvalue weighted by Crippen LogP contribution is -2.37. The number of hydrogen-bond donors (Lipinski definition) is 0. The van der Waals surface area contributed by atoms with Crippen LogP contribution in [0.2, 0.25) is 0 Å². The first kappa shape index (κ1) is 17.9. The Balaban J connectivity index is 2.44. The monoisotopic (exact) mass is 302 g/mol. The number of esters is 2. The highest BCUT2D eigenvalue weighted by Gasteiger charge is 2.31. The molecule has 0 bridgehead atoms. The van der Waals surface area contributed by atoms with Gasteiger partial charge in [0.2, 0.25) is 6.29 Å². The average molecular weight is 302 g/mol. The summed E-state index contributed by atoms with van der Waals surface area (Å²) >= 11 is 0. The first-order valence-electron chi connectivity index (χ1n) is 7.47. The first-order chi connectivity index (χ1) is 9.86. The lowest BCUT2D eigenvalue weighted by Gasteiger charge is -2.25. The van der Waals surface area contributed by atoms with Gasteiger partial charge in [-0.15, -0.1) is 0 Å². The summed E-state index contributed by atoms with van der Waals surface area (Å²) in [5, 5.41) is 0. The second kappa shape index (κ2) is 8.34. The molecule has 1 aliphatic heterocycles. The van der Waals surface area contributed by atoms with Crippen LogP contribution in [0.15, 0.2) is 0 Å². The van der Waals surface area contributed by atoms with Crippen molar-refractivity contribution in [1.29, 1.82) is 0 Å². The van der Waals surface area contributed by atoms with Crippen molar-refractivity contribution in [1.82, 2.24) is 0 Å². The van der Waals surface area contributed by atoms with Crippen molar-refractivity contribution in [3.8, 4) is 0 Å². The molecule has 1 saturated heterocycles. The number of carbonyl (C=O) groups is 2. The molecule has 0 amide bonds. The van der Waals surface area contributed by atoms with Crippen LogP contribution in [0, 0.1) is 5.41 Å². The quantitative estimate of drug-likeness (QED) is 0.724. The van der Waals surface area contributed by atoms with Crippen LogP contribution in [0.4, 0.5) is 0 Å². The van der Waals surface area contributed by atoms with Gasteiger partial charge in [0.05, 0.1) is 12.0 Å². The molecule has 1 aliphatic rings. The maximum atomic E-state index is 11.9. The molecule has 6 heteroatoms. The van der Waals surface area contributed by atoms with E-state index in [0.717, 1.165) is 12.8 Å². The number of rotatable bonds is 5. The summed E-state index contributed by atoms with van der Waals surface area (Å²) in [6.45, 7) is 8.30. The van der Waals surface area contributed by atoms with Gasteiger partial charge in [-0.05, 0) is 40.0 Å². The molecule has 6 nitrogen and oxygen atoms in total. The maximum absolute atomic E-state index is 11.9. The Morgan fingerprint density at radius 3 is 2.62 bits per heavy atom. The molecule has 0 N–H and O–H groups in total. The second-order valence-electron chi connectivity index (χ2n) is 5.80. The molecular weight excluding hydrogens is 276 g/mol. The largest absolute Gasteiger partial charge is 0.450 e. The van der Waals surface area contributed by atoms with E-state index in [9.17, 15) is 9.59 Å². The fourth-order valence-corrected chi connectivity index (χ4v) is 1.55. The lowest BCUT2D eigenvalue weighted by atomic mass is 9.91. The standard InChI is InChI=1S/C15H26O6/c1-5-15(3,4)14(17)20-11(2)13(16)21-12-10-18-8-6-7-9-19-12/h11-12H,5-10H2,1-4H3. The van der Waals surface area contributed by atoms with E-state index >= 15 is 0 Å². The van der Waals surface area contributed by atoms with Gasteiger partial charge >= 0.3 is 11.9 Å². The van der Waals surface area contributed by atoms with E-state index in [-0.39, 0.29) is 6.61 Å². The van der Waals surface area contributed by atoms with E-state index in [2.05, 4.69) is 0 Å². The molecule has 0 aromatic carbocycles. The highest BCUT2D eigenvalue weighted by molar-refractivity contribution is 5.81. The summed E-state index contributed by atoms with van der Waals surface area (Å²) in [4.78, 5) is 23.8. The van der Waals surface area contributed by atoms with Crippen LogP contribution in [0.5, 0.6) is 0 Å². The molecule has 1 heterocycles. The zero-order valence-corrected chi connectivity index (χ0v) is 13.3. The molecule has 0 spiro atoms. The molecule has 0 saturated carbocycles. The molecule has 2 atom stereocenters. The molecule has 1 fully saturated rings. The Labute approximate surface area is 126 Å². The van der Waals surface area contributed by atoms with E-state index < -0.39 is 29.7 Å². The van der Waals surface area contributed by atoms with Gasteiger partial charge in [0.1, 0.15) is 6.61 Å². The molecule has 0 aromatic rings. The smallest absolute Gasteiger partial charge is 0.349 e. The molecule has 0 aliphatic carbocycles. The van der Waals surface area contributed by atoms with E-state index in [1.54, 1.807) is 13.8 Å². The minimum atomic E-state index is -0.961. The van der Waals surface area contributed by atoms with Crippen LogP contribution >= 0.6 is 0 Å². The Morgan fingerprint density at radius 1 is 1.29 bits per heavy atom. The fourth-order valence-electron chi connectivity index (χ4n) is 1.55. The van der Waals surface area contributed by atoms with Gasteiger partial charge < -0.3 is 18.9 Å². The number of carbonyl (C=O) groups excluding carboxylic acids is 2. The Kier molecular flexibility index (Phi) is 7.11. The van der Waals surface area contributed by atoms with Crippen molar-refractivity contribution in [2.75, 3.05) is 19.8 Å². The van der Waals surface area contributed by atoms with Crippen LogP contribution in [0.25, 0.3) is 0 Å².